The van der Waals surface area contributed by atoms with Crippen molar-refractivity contribution in [3.63, 3.8) is 0 Å². The summed E-state index contributed by atoms with van der Waals surface area (Å²) >= 11 is 1.98. The average molecular weight is 265 g/mol. The number of pyridine rings is 1. The van der Waals surface area contributed by atoms with Crippen molar-refractivity contribution in [3.05, 3.63) is 24.0 Å². The van der Waals surface area contributed by atoms with Crippen molar-refractivity contribution >= 4 is 23.4 Å². The predicted molar refractivity (Wildman–Crippen MR) is 75.7 cm³/mol. The molecule has 1 amide bonds. The molecule has 2 atom stereocenters. The summed E-state index contributed by atoms with van der Waals surface area (Å²) in [6.45, 7) is 2.17. The topological polar surface area (TPSA) is 68.0 Å². The normalized spacial score (nSPS) is 22.9. The number of amides is 1. The van der Waals surface area contributed by atoms with Crippen molar-refractivity contribution in [1.82, 2.24) is 10.3 Å². The summed E-state index contributed by atoms with van der Waals surface area (Å²) in [5, 5.41) is 3.71. The molecule has 2 unspecified atom stereocenters. The highest BCUT2D eigenvalue weighted by atomic mass is 32.2. The Balaban J connectivity index is 1.91. The fraction of sp³-hybridized carbons (Fsp3) is 0.538. The van der Waals surface area contributed by atoms with Crippen molar-refractivity contribution in [2.75, 3.05) is 11.5 Å². The first-order chi connectivity index (χ1) is 8.70. The number of rotatable bonds is 4. The zero-order valence-corrected chi connectivity index (χ0v) is 11.4. The fourth-order valence-corrected chi connectivity index (χ4v) is 3.46. The van der Waals surface area contributed by atoms with Crippen molar-refractivity contribution in [2.45, 2.75) is 37.5 Å². The molecule has 4 nitrogen and oxygen atoms in total. The molecule has 0 radical (unpaired) electrons. The van der Waals surface area contributed by atoms with Crippen LogP contribution in [0.4, 0.5) is 5.69 Å². The van der Waals surface area contributed by atoms with Gasteiger partial charge in [0.2, 0.25) is 0 Å². The number of thioether (sulfide) groups is 1. The second kappa shape index (κ2) is 6.09. The van der Waals surface area contributed by atoms with Gasteiger partial charge in [-0.2, -0.15) is 11.8 Å². The van der Waals surface area contributed by atoms with Gasteiger partial charge in [-0.25, -0.2) is 4.98 Å². The highest BCUT2D eigenvalue weighted by molar-refractivity contribution is 7.99. The summed E-state index contributed by atoms with van der Waals surface area (Å²) in [4.78, 5) is 16.1. The number of nitrogens with two attached hydrogens (primary N) is 1. The molecule has 1 aromatic heterocycles. The minimum absolute atomic E-state index is 0.153. The van der Waals surface area contributed by atoms with Crippen LogP contribution in [0.1, 0.15) is 36.7 Å². The molecule has 5 heteroatoms. The molecule has 1 aliphatic carbocycles. The van der Waals surface area contributed by atoms with E-state index in [1.807, 2.05) is 11.8 Å². The van der Waals surface area contributed by atoms with Crippen LogP contribution < -0.4 is 11.1 Å². The van der Waals surface area contributed by atoms with Crippen LogP contribution in [0, 0.1) is 0 Å². The van der Waals surface area contributed by atoms with Gasteiger partial charge in [0.1, 0.15) is 0 Å². The number of carbonyl (C=O) groups is 1. The molecule has 98 valence electrons. The van der Waals surface area contributed by atoms with Gasteiger partial charge in [-0.15, -0.1) is 0 Å². The van der Waals surface area contributed by atoms with Gasteiger partial charge in [-0.3, -0.25) is 4.79 Å². The molecule has 3 N–H and O–H groups in total. The minimum Gasteiger partial charge on any atom is -0.397 e. The molecule has 1 heterocycles. The SMILES string of the molecule is CCSC1CCC(NC(=O)c2ncccc2N)C1. The summed E-state index contributed by atoms with van der Waals surface area (Å²) < 4.78 is 0. The number of hydrogen-bond acceptors (Lipinski definition) is 4. The molecule has 18 heavy (non-hydrogen) atoms. The van der Waals surface area contributed by atoms with Crippen LogP contribution in [-0.4, -0.2) is 27.9 Å². The van der Waals surface area contributed by atoms with Crippen LogP contribution in [-0.2, 0) is 0 Å². The highest BCUT2D eigenvalue weighted by Crippen LogP contribution is 2.29. The number of aromatic nitrogens is 1. The Kier molecular flexibility index (Phi) is 4.47. The van der Waals surface area contributed by atoms with Gasteiger partial charge >= 0.3 is 0 Å². The van der Waals surface area contributed by atoms with E-state index in [4.69, 9.17) is 5.73 Å². The lowest BCUT2D eigenvalue weighted by atomic mass is 10.2. The number of anilines is 1. The zero-order chi connectivity index (χ0) is 13.0. The number of nitrogens with zero attached hydrogens (tertiary/aromatic N) is 1. The lowest BCUT2D eigenvalue weighted by Crippen LogP contribution is -2.34. The number of nitrogens with one attached hydrogen (secondary N) is 1. The maximum absolute atomic E-state index is 12.0. The van der Waals surface area contributed by atoms with Gasteiger partial charge in [0.05, 0.1) is 5.69 Å². The Bertz CT molecular complexity index is 424. The summed E-state index contributed by atoms with van der Waals surface area (Å²) in [7, 11) is 0. The lowest BCUT2D eigenvalue weighted by molar-refractivity contribution is 0.0934. The third-order valence-corrected chi connectivity index (χ3v) is 4.41. The second-order valence-electron chi connectivity index (χ2n) is 4.50. The predicted octanol–water partition coefficient (Wildman–Crippen LogP) is 2.07. The molecule has 0 aliphatic heterocycles. The smallest absolute Gasteiger partial charge is 0.272 e. The van der Waals surface area contributed by atoms with Crippen LogP contribution in [0.25, 0.3) is 0 Å². The average Bonchev–Trinajstić information content (AvgIpc) is 2.77. The molecule has 0 aromatic carbocycles. The molecular formula is C13H19N3OS. The third kappa shape index (κ3) is 3.16. The van der Waals surface area contributed by atoms with Crippen LogP contribution >= 0.6 is 11.8 Å². The van der Waals surface area contributed by atoms with Crippen molar-refractivity contribution in [2.24, 2.45) is 0 Å². The van der Waals surface area contributed by atoms with Gasteiger partial charge in [0.25, 0.3) is 5.91 Å². The van der Waals surface area contributed by atoms with Crippen molar-refractivity contribution in [1.29, 1.82) is 0 Å². The van der Waals surface area contributed by atoms with Crippen LogP contribution in [0.2, 0.25) is 0 Å². The van der Waals surface area contributed by atoms with Crippen LogP contribution in [0.3, 0.4) is 0 Å². The standard InChI is InChI=1S/C13H19N3OS/c1-2-18-10-6-5-9(8-10)16-13(17)12-11(14)4-3-7-15-12/h3-4,7,9-10H,2,5-6,8,14H2,1H3,(H,16,17). The number of nitrogen functional groups attached to an aromatic ring is 1. The zero-order valence-electron chi connectivity index (χ0n) is 10.6. The molecule has 0 saturated heterocycles. The monoisotopic (exact) mass is 265 g/mol. The quantitative estimate of drug-likeness (QED) is 0.874. The first-order valence-electron chi connectivity index (χ1n) is 6.33. The Morgan fingerprint density at radius 1 is 1.61 bits per heavy atom. The van der Waals surface area contributed by atoms with E-state index >= 15 is 0 Å². The van der Waals surface area contributed by atoms with Crippen LogP contribution in [0.15, 0.2) is 18.3 Å². The van der Waals surface area contributed by atoms with Gasteiger partial charge in [-0.1, -0.05) is 6.92 Å². The Hall–Kier alpha value is -1.23. The van der Waals surface area contributed by atoms with E-state index in [1.165, 1.54) is 6.42 Å². The van der Waals surface area contributed by atoms with Gasteiger partial charge in [-0.05, 0) is 37.1 Å². The van der Waals surface area contributed by atoms with E-state index in [9.17, 15) is 4.79 Å². The molecule has 1 aliphatic rings. The van der Waals surface area contributed by atoms with Crippen molar-refractivity contribution < 1.29 is 4.79 Å². The van der Waals surface area contributed by atoms with Gasteiger partial charge in [0, 0.05) is 17.5 Å². The molecule has 2 rings (SSSR count). The Morgan fingerprint density at radius 2 is 2.44 bits per heavy atom. The van der Waals surface area contributed by atoms with Gasteiger partial charge in [0.15, 0.2) is 5.69 Å². The van der Waals surface area contributed by atoms with Crippen LogP contribution in [0.5, 0.6) is 0 Å². The second-order valence-corrected chi connectivity index (χ2v) is 6.08. The largest absolute Gasteiger partial charge is 0.397 e. The van der Waals surface area contributed by atoms with E-state index in [2.05, 4.69) is 17.2 Å². The first kappa shape index (κ1) is 13.2. The maximum Gasteiger partial charge on any atom is 0.272 e. The molecule has 0 spiro atoms. The molecule has 1 aromatic rings. The number of carbonyl (C=O) groups excluding carboxylic acids is 1. The minimum atomic E-state index is -0.153. The summed E-state index contributed by atoms with van der Waals surface area (Å²) in [5.41, 5.74) is 6.52. The Labute approximate surface area is 112 Å². The van der Waals surface area contributed by atoms with E-state index in [0.29, 0.717) is 16.6 Å². The van der Waals surface area contributed by atoms with E-state index in [1.54, 1.807) is 18.3 Å². The van der Waals surface area contributed by atoms with E-state index < -0.39 is 0 Å². The number of hydrogen-bond donors (Lipinski definition) is 2. The van der Waals surface area contributed by atoms with E-state index in [0.717, 1.165) is 18.6 Å². The lowest BCUT2D eigenvalue weighted by Gasteiger charge is -2.13. The van der Waals surface area contributed by atoms with Crippen molar-refractivity contribution in [3.8, 4) is 0 Å². The molecular weight excluding hydrogens is 246 g/mol. The molecule has 1 fully saturated rings. The Morgan fingerprint density at radius 3 is 3.17 bits per heavy atom. The summed E-state index contributed by atoms with van der Waals surface area (Å²) in [5.74, 6) is 0.985. The van der Waals surface area contributed by atoms with Gasteiger partial charge < -0.3 is 11.1 Å². The maximum atomic E-state index is 12.0. The molecule has 1 saturated carbocycles. The first-order valence-corrected chi connectivity index (χ1v) is 7.38. The fourth-order valence-electron chi connectivity index (χ4n) is 2.32. The van der Waals surface area contributed by atoms with E-state index in [-0.39, 0.29) is 11.9 Å². The third-order valence-electron chi connectivity index (χ3n) is 3.18. The molecule has 0 bridgehead atoms. The highest BCUT2D eigenvalue weighted by Gasteiger charge is 2.26. The summed E-state index contributed by atoms with van der Waals surface area (Å²) in [6, 6.07) is 3.70. The summed E-state index contributed by atoms with van der Waals surface area (Å²) in [6.07, 6.45) is 4.88.